The number of nitrogens with zero attached hydrogens (tertiary/aromatic N) is 2. The first kappa shape index (κ1) is 13.1. The lowest BCUT2D eigenvalue weighted by atomic mass is 9.77. The maximum atomic E-state index is 5.65. The molecule has 4 heteroatoms. The average Bonchev–Trinajstić information content (AvgIpc) is 2.83. The van der Waals surface area contributed by atoms with Crippen molar-refractivity contribution in [3.8, 4) is 0 Å². The van der Waals surface area contributed by atoms with E-state index in [4.69, 9.17) is 9.51 Å². The molecule has 2 aliphatic rings. The Bertz CT molecular complexity index is 440. The summed E-state index contributed by atoms with van der Waals surface area (Å²) in [5, 5.41) is 7.76. The molecule has 1 aromatic heterocycles. The summed E-state index contributed by atoms with van der Waals surface area (Å²) in [4.78, 5) is 4.76. The molecule has 1 aliphatic heterocycles. The van der Waals surface area contributed by atoms with Gasteiger partial charge in [0.15, 0.2) is 5.82 Å². The van der Waals surface area contributed by atoms with Crippen molar-refractivity contribution < 1.29 is 4.52 Å². The highest BCUT2D eigenvalue weighted by atomic mass is 16.5. The van der Waals surface area contributed by atoms with Gasteiger partial charge < -0.3 is 9.84 Å². The maximum Gasteiger partial charge on any atom is 0.234 e. The predicted molar refractivity (Wildman–Crippen MR) is 74.1 cm³/mol. The van der Waals surface area contributed by atoms with Crippen molar-refractivity contribution in [3.05, 3.63) is 11.7 Å². The first-order valence-electron chi connectivity index (χ1n) is 7.62. The van der Waals surface area contributed by atoms with Crippen molar-refractivity contribution >= 4 is 0 Å². The second-order valence-corrected chi connectivity index (χ2v) is 7.01. The molecule has 0 spiro atoms. The molecule has 0 aromatic carbocycles. The molecular weight excluding hydrogens is 238 g/mol. The summed E-state index contributed by atoms with van der Waals surface area (Å²) >= 11 is 0. The third kappa shape index (κ3) is 2.31. The molecule has 1 saturated carbocycles. The molecule has 1 aliphatic carbocycles. The molecule has 1 saturated heterocycles. The van der Waals surface area contributed by atoms with E-state index in [-0.39, 0.29) is 5.41 Å². The molecule has 2 atom stereocenters. The Morgan fingerprint density at radius 1 is 1.42 bits per heavy atom. The van der Waals surface area contributed by atoms with Crippen molar-refractivity contribution in [1.82, 2.24) is 15.5 Å². The lowest BCUT2D eigenvalue weighted by Gasteiger charge is -2.34. The molecule has 4 nitrogen and oxygen atoms in total. The van der Waals surface area contributed by atoms with E-state index in [9.17, 15) is 0 Å². The lowest BCUT2D eigenvalue weighted by Crippen LogP contribution is -2.43. The molecule has 3 rings (SSSR count). The van der Waals surface area contributed by atoms with Crippen LogP contribution in [0.1, 0.15) is 70.5 Å². The zero-order chi connectivity index (χ0) is 13.5. The van der Waals surface area contributed by atoms with E-state index in [2.05, 4.69) is 31.2 Å². The maximum absolute atomic E-state index is 5.65. The van der Waals surface area contributed by atoms with Gasteiger partial charge in [0, 0.05) is 12.5 Å². The van der Waals surface area contributed by atoms with E-state index in [1.165, 1.54) is 19.3 Å². The number of hydrogen-bond acceptors (Lipinski definition) is 4. The third-order valence-corrected chi connectivity index (χ3v) is 4.92. The Hall–Kier alpha value is -0.900. The van der Waals surface area contributed by atoms with E-state index in [0.29, 0.717) is 11.3 Å². The summed E-state index contributed by atoms with van der Waals surface area (Å²) in [5.41, 5.74) is 0.446. The van der Waals surface area contributed by atoms with Gasteiger partial charge in [0.1, 0.15) is 0 Å². The van der Waals surface area contributed by atoms with Crippen molar-refractivity contribution in [1.29, 1.82) is 0 Å². The standard InChI is InChI=1S/C15H25N3O/c1-4-6-15(7-5-8-16-10-15)13-17-12(18-19-13)11-9-14(11,2)3/h11,16H,4-10H2,1-3H3. The fraction of sp³-hybridized carbons (Fsp3) is 0.867. The molecule has 2 unspecified atom stereocenters. The second kappa shape index (κ2) is 4.58. The van der Waals surface area contributed by atoms with Gasteiger partial charge in [-0.05, 0) is 37.6 Å². The van der Waals surface area contributed by atoms with Crippen LogP contribution in [-0.4, -0.2) is 23.2 Å². The van der Waals surface area contributed by atoms with Gasteiger partial charge in [0.05, 0.1) is 5.41 Å². The highest BCUT2D eigenvalue weighted by Crippen LogP contribution is 2.57. The summed E-state index contributed by atoms with van der Waals surface area (Å²) in [6, 6.07) is 0. The van der Waals surface area contributed by atoms with E-state index in [1.807, 2.05) is 0 Å². The van der Waals surface area contributed by atoms with Crippen LogP contribution in [-0.2, 0) is 5.41 Å². The molecule has 0 amide bonds. The molecule has 19 heavy (non-hydrogen) atoms. The topological polar surface area (TPSA) is 51.0 Å². The van der Waals surface area contributed by atoms with Gasteiger partial charge in [-0.3, -0.25) is 0 Å². The SMILES string of the molecule is CCCC1(c2nc(C3CC3(C)C)no2)CCCNC1. The van der Waals surface area contributed by atoms with Crippen LogP contribution in [0.4, 0.5) is 0 Å². The van der Waals surface area contributed by atoms with Crippen LogP contribution in [0.5, 0.6) is 0 Å². The van der Waals surface area contributed by atoms with Crippen molar-refractivity contribution in [2.75, 3.05) is 13.1 Å². The van der Waals surface area contributed by atoms with E-state index in [0.717, 1.165) is 37.6 Å². The normalized spacial score (nSPS) is 33.3. The van der Waals surface area contributed by atoms with E-state index < -0.39 is 0 Å². The zero-order valence-corrected chi connectivity index (χ0v) is 12.3. The number of nitrogens with one attached hydrogen (secondary N) is 1. The molecule has 1 N–H and O–H groups in total. The van der Waals surface area contributed by atoms with Crippen LogP contribution >= 0.6 is 0 Å². The Labute approximate surface area is 115 Å². The van der Waals surface area contributed by atoms with Gasteiger partial charge in [0.2, 0.25) is 5.89 Å². The minimum absolute atomic E-state index is 0.0806. The van der Waals surface area contributed by atoms with Crippen LogP contribution < -0.4 is 5.32 Å². The van der Waals surface area contributed by atoms with Crippen LogP contribution in [0.15, 0.2) is 4.52 Å². The monoisotopic (exact) mass is 263 g/mol. The Kier molecular flexibility index (Phi) is 3.16. The summed E-state index contributed by atoms with van der Waals surface area (Å²) in [6.45, 7) is 8.88. The fourth-order valence-electron chi connectivity index (χ4n) is 3.45. The zero-order valence-electron chi connectivity index (χ0n) is 12.3. The van der Waals surface area contributed by atoms with Gasteiger partial charge in [-0.15, -0.1) is 0 Å². The number of rotatable bonds is 4. The number of piperidine rings is 1. The van der Waals surface area contributed by atoms with Crippen LogP contribution in [0.25, 0.3) is 0 Å². The first-order valence-corrected chi connectivity index (χ1v) is 7.62. The third-order valence-electron chi connectivity index (χ3n) is 4.92. The molecule has 2 heterocycles. The Balaban J connectivity index is 1.83. The van der Waals surface area contributed by atoms with E-state index >= 15 is 0 Å². The van der Waals surface area contributed by atoms with Gasteiger partial charge in [0.25, 0.3) is 0 Å². The van der Waals surface area contributed by atoms with E-state index in [1.54, 1.807) is 0 Å². The number of hydrogen-bond donors (Lipinski definition) is 1. The minimum atomic E-state index is 0.0806. The second-order valence-electron chi connectivity index (χ2n) is 7.01. The van der Waals surface area contributed by atoms with Gasteiger partial charge in [-0.2, -0.15) is 4.98 Å². The molecule has 2 fully saturated rings. The first-order chi connectivity index (χ1) is 9.07. The molecule has 0 bridgehead atoms. The fourth-order valence-corrected chi connectivity index (χ4v) is 3.45. The van der Waals surface area contributed by atoms with Crippen molar-refractivity contribution in [2.24, 2.45) is 5.41 Å². The summed E-state index contributed by atoms with van der Waals surface area (Å²) in [7, 11) is 0. The van der Waals surface area contributed by atoms with Gasteiger partial charge in [-0.25, -0.2) is 0 Å². The lowest BCUT2D eigenvalue weighted by molar-refractivity contribution is 0.213. The van der Waals surface area contributed by atoms with Crippen molar-refractivity contribution in [3.63, 3.8) is 0 Å². The van der Waals surface area contributed by atoms with Crippen LogP contribution in [0.2, 0.25) is 0 Å². The largest absolute Gasteiger partial charge is 0.339 e. The molecule has 106 valence electrons. The highest BCUT2D eigenvalue weighted by Gasteiger charge is 2.50. The van der Waals surface area contributed by atoms with Crippen LogP contribution in [0.3, 0.4) is 0 Å². The van der Waals surface area contributed by atoms with Crippen LogP contribution in [0, 0.1) is 5.41 Å². The molecule has 0 radical (unpaired) electrons. The number of aromatic nitrogens is 2. The quantitative estimate of drug-likeness (QED) is 0.907. The smallest absolute Gasteiger partial charge is 0.234 e. The highest BCUT2D eigenvalue weighted by molar-refractivity contribution is 5.17. The Morgan fingerprint density at radius 3 is 2.79 bits per heavy atom. The minimum Gasteiger partial charge on any atom is -0.339 e. The summed E-state index contributed by atoms with van der Waals surface area (Å²) in [6.07, 6.45) is 5.85. The Morgan fingerprint density at radius 2 is 2.21 bits per heavy atom. The summed E-state index contributed by atoms with van der Waals surface area (Å²) in [5.74, 6) is 2.31. The average molecular weight is 263 g/mol. The summed E-state index contributed by atoms with van der Waals surface area (Å²) < 4.78 is 5.65. The van der Waals surface area contributed by atoms with Gasteiger partial charge >= 0.3 is 0 Å². The molecular formula is C15H25N3O. The van der Waals surface area contributed by atoms with Crippen molar-refractivity contribution in [2.45, 2.75) is 64.2 Å². The molecule has 1 aromatic rings. The van der Waals surface area contributed by atoms with Gasteiger partial charge in [-0.1, -0.05) is 32.3 Å². The predicted octanol–water partition coefficient (Wildman–Crippen LogP) is 3.00.